The maximum atomic E-state index is 12.7. The first-order valence-electron chi connectivity index (χ1n) is 12.9. The van der Waals surface area contributed by atoms with Crippen molar-refractivity contribution >= 4 is 14.6 Å². The van der Waals surface area contributed by atoms with Gasteiger partial charge in [0.15, 0.2) is 0 Å². The van der Waals surface area contributed by atoms with Crippen LogP contribution in [0, 0.1) is 18.8 Å². The number of hydrogen-bond donors (Lipinski definition) is 3. The highest BCUT2D eigenvalue weighted by Gasteiger charge is 2.23. The van der Waals surface area contributed by atoms with Crippen molar-refractivity contribution in [2.75, 3.05) is 52.3 Å². The summed E-state index contributed by atoms with van der Waals surface area (Å²) in [5.41, 5.74) is 1.98. The Morgan fingerprint density at radius 1 is 1.12 bits per heavy atom. The molecule has 0 bridgehead atoms. The minimum absolute atomic E-state index is 0.0318. The van der Waals surface area contributed by atoms with Crippen molar-refractivity contribution in [1.82, 2.24) is 4.90 Å². The first-order chi connectivity index (χ1) is 16.3. The summed E-state index contributed by atoms with van der Waals surface area (Å²) >= 11 is 0. The number of carbonyl (C=O) groups is 1. The molecule has 0 aliphatic rings. The summed E-state index contributed by atoms with van der Waals surface area (Å²) in [7, 11) is 0.946. The lowest BCUT2D eigenvalue weighted by Gasteiger charge is -2.26. The standard InChI is InChI=1S/C25H44NO5P.C2H6/c1-6-21(20(4)17-32-5)14-18(2)23-16-22(15-19(3)24(23)29)25(30)31-13-7-8-26(9-11-27)10-12-28;1-2/h15-16,18,20-21,27-29,32H,6-14,17H2,1-5H3;1-2H3. The second kappa shape index (κ2) is 19.0. The Balaban J connectivity index is 0.00000529. The molecule has 4 atom stereocenters. The minimum atomic E-state index is -0.384. The van der Waals surface area contributed by atoms with Crippen LogP contribution in [-0.4, -0.2) is 78.5 Å². The highest BCUT2D eigenvalue weighted by Crippen LogP contribution is 2.37. The van der Waals surface area contributed by atoms with Gasteiger partial charge in [-0.3, -0.25) is 4.90 Å². The molecule has 4 unspecified atom stereocenters. The van der Waals surface area contributed by atoms with Gasteiger partial charge in [-0.1, -0.05) is 41.0 Å². The third-order valence-electron chi connectivity index (χ3n) is 6.29. The molecule has 0 spiro atoms. The molecule has 1 aromatic rings. The first-order valence-corrected chi connectivity index (χ1v) is 14.6. The number of aryl methyl sites for hydroxylation is 1. The zero-order valence-corrected chi connectivity index (χ0v) is 23.6. The van der Waals surface area contributed by atoms with Crippen LogP contribution in [-0.2, 0) is 4.74 Å². The van der Waals surface area contributed by atoms with Crippen molar-refractivity contribution in [3.8, 4) is 5.75 Å². The molecule has 198 valence electrons. The summed E-state index contributed by atoms with van der Waals surface area (Å²) in [5, 5.41) is 28.8. The summed E-state index contributed by atoms with van der Waals surface area (Å²) in [6, 6.07) is 3.48. The quantitative estimate of drug-likeness (QED) is 0.168. The number of rotatable bonds is 16. The molecular formula is C27H50NO5P. The van der Waals surface area contributed by atoms with Crippen LogP contribution in [0.1, 0.15) is 81.3 Å². The number of nitrogens with zero attached hydrogens (tertiary/aromatic N) is 1. The van der Waals surface area contributed by atoms with Crippen LogP contribution in [0.4, 0.5) is 0 Å². The average Bonchev–Trinajstić information content (AvgIpc) is 2.83. The SMILES string of the molecule is CC.CCC(CC(C)c1cc(C(=O)OCCCN(CCO)CCO)cc(C)c1O)C(C)CPC. The van der Waals surface area contributed by atoms with Crippen molar-refractivity contribution in [3.63, 3.8) is 0 Å². The van der Waals surface area contributed by atoms with E-state index in [0.717, 1.165) is 27.0 Å². The van der Waals surface area contributed by atoms with E-state index in [1.807, 2.05) is 25.7 Å². The van der Waals surface area contributed by atoms with Gasteiger partial charge in [0.2, 0.25) is 0 Å². The summed E-state index contributed by atoms with van der Waals surface area (Å²) in [6.07, 6.45) is 3.96. The summed E-state index contributed by atoms with van der Waals surface area (Å²) in [6.45, 7) is 16.7. The lowest BCUT2D eigenvalue weighted by atomic mass is 9.81. The first kappa shape index (κ1) is 32.8. The highest BCUT2D eigenvalue weighted by molar-refractivity contribution is 7.36. The van der Waals surface area contributed by atoms with Crippen LogP contribution in [0.15, 0.2) is 12.1 Å². The molecule has 0 saturated carbocycles. The van der Waals surface area contributed by atoms with Crippen LogP contribution in [0.5, 0.6) is 5.75 Å². The van der Waals surface area contributed by atoms with Crippen LogP contribution in [0.25, 0.3) is 0 Å². The fourth-order valence-electron chi connectivity index (χ4n) is 4.33. The Hall–Kier alpha value is -1.20. The number of hydrogen-bond acceptors (Lipinski definition) is 6. The fraction of sp³-hybridized carbons (Fsp3) is 0.741. The third kappa shape index (κ3) is 11.5. The number of ether oxygens (including phenoxy) is 1. The van der Waals surface area contributed by atoms with Gasteiger partial charge >= 0.3 is 5.97 Å². The van der Waals surface area contributed by atoms with E-state index < -0.39 is 0 Å². The molecule has 0 heterocycles. The number of aliphatic hydroxyl groups excluding tert-OH is 2. The monoisotopic (exact) mass is 499 g/mol. The second-order valence-electron chi connectivity index (χ2n) is 8.85. The lowest BCUT2D eigenvalue weighted by molar-refractivity contribution is 0.0481. The predicted octanol–water partition coefficient (Wildman–Crippen LogP) is 5.02. The highest BCUT2D eigenvalue weighted by atomic mass is 31.1. The summed E-state index contributed by atoms with van der Waals surface area (Å²) in [4.78, 5) is 14.6. The maximum absolute atomic E-state index is 12.7. The van der Waals surface area contributed by atoms with Crippen LogP contribution in [0.3, 0.4) is 0 Å². The van der Waals surface area contributed by atoms with Crippen molar-refractivity contribution in [1.29, 1.82) is 0 Å². The zero-order chi connectivity index (χ0) is 26.1. The van der Waals surface area contributed by atoms with E-state index in [1.165, 1.54) is 6.16 Å². The number of phenols is 1. The lowest BCUT2D eigenvalue weighted by Crippen LogP contribution is -2.31. The number of benzene rings is 1. The molecule has 0 radical (unpaired) electrons. The van der Waals surface area contributed by atoms with E-state index in [9.17, 15) is 9.90 Å². The number of aromatic hydroxyl groups is 1. The summed E-state index contributed by atoms with van der Waals surface area (Å²) in [5.74, 6) is 1.29. The van der Waals surface area contributed by atoms with Crippen molar-refractivity contribution in [3.05, 3.63) is 28.8 Å². The number of phenolic OH excluding ortho intramolecular Hbond substituents is 1. The Labute approximate surface area is 209 Å². The number of carbonyl (C=O) groups excluding carboxylic acids is 1. The second-order valence-corrected chi connectivity index (χ2v) is 9.96. The molecule has 34 heavy (non-hydrogen) atoms. The fourth-order valence-corrected chi connectivity index (χ4v) is 5.30. The zero-order valence-electron chi connectivity index (χ0n) is 22.6. The van der Waals surface area contributed by atoms with E-state index in [4.69, 9.17) is 14.9 Å². The molecule has 1 aromatic carbocycles. The molecular weight excluding hydrogens is 449 g/mol. The molecule has 6 nitrogen and oxygen atoms in total. The largest absolute Gasteiger partial charge is 0.507 e. The average molecular weight is 500 g/mol. The Kier molecular flexibility index (Phi) is 18.4. The molecule has 1 rings (SSSR count). The molecule has 0 aliphatic heterocycles. The normalized spacial score (nSPS) is 14.1. The van der Waals surface area contributed by atoms with E-state index in [-0.39, 0.29) is 37.5 Å². The van der Waals surface area contributed by atoms with Gasteiger partial charge in [-0.05, 0) is 73.6 Å². The van der Waals surface area contributed by atoms with Gasteiger partial charge in [-0.15, -0.1) is 8.58 Å². The van der Waals surface area contributed by atoms with Gasteiger partial charge in [-0.25, -0.2) is 4.79 Å². The molecule has 7 heteroatoms. The van der Waals surface area contributed by atoms with E-state index in [1.54, 1.807) is 12.1 Å². The Morgan fingerprint density at radius 3 is 2.26 bits per heavy atom. The van der Waals surface area contributed by atoms with Crippen molar-refractivity contribution < 1.29 is 24.9 Å². The van der Waals surface area contributed by atoms with Gasteiger partial charge in [0, 0.05) is 19.6 Å². The van der Waals surface area contributed by atoms with Crippen LogP contribution in [0.2, 0.25) is 0 Å². The topological polar surface area (TPSA) is 90.2 Å². The Bertz CT molecular complexity index is 679. The minimum Gasteiger partial charge on any atom is -0.507 e. The van der Waals surface area contributed by atoms with E-state index >= 15 is 0 Å². The van der Waals surface area contributed by atoms with Crippen LogP contribution < -0.4 is 0 Å². The van der Waals surface area contributed by atoms with Gasteiger partial charge in [0.25, 0.3) is 0 Å². The van der Waals surface area contributed by atoms with E-state index in [0.29, 0.717) is 49.0 Å². The van der Waals surface area contributed by atoms with Crippen molar-refractivity contribution in [2.24, 2.45) is 11.8 Å². The third-order valence-corrected chi connectivity index (χ3v) is 7.34. The van der Waals surface area contributed by atoms with Gasteiger partial charge in [0.05, 0.1) is 25.4 Å². The van der Waals surface area contributed by atoms with Crippen molar-refractivity contribution in [2.45, 2.75) is 66.7 Å². The Morgan fingerprint density at radius 2 is 1.74 bits per heavy atom. The number of esters is 1. The number of aliphatic hydroxyl groups is 2. The molecule has 0 aliphatic carbocycles. The van der Waals surface area contributed by atoms with Gasteiger partial charge in [0.1, 0.15) is 5.75 Å². The molecule has 3 N–H and O–H groups in total. The predicted molar refractivity (Wildman–Crippen MR) is 145 cm³/mol. The molecule has 0 saturated heterocycles. The van der Waals surface area contributed by atoms with Gasteiger partial charge in [-0.2, -0.15) is 0 Å². The van der Waals surface area contributed by atoms with E-state index in [2.05, 4.69) is 27.4 Å². The smallest absolute Gasteiger partial charge is 0.338 e. The molecule has 0 aromatic heterocycles. The maximum Gasteiger partial charge on any atom is 0.338 e. The summed E-state index contributed by atoms with van der Waals surface area (Å²) < 4.78 is 5.47. The van der Waals surface area contributed by atoms with Gasteiger partial charge < -0.3 is 20.1 Å². The molecule has 0 fully saturated rings. The molecule has 0 amide bonds. The van der Waals surface area contributed by atoms with Crippen LogP contribution >= 0.6 is 8.58 Å².